The second kappa shape index (κ2) is 14.4. The zero-order valence-corrected chi connectivity index (χ0v) is 37.3. The van der Waals surface area contributed by atoms with Crippen molar-refractivity contribution in [2.45, 2.75) is 19.6 Å². The van der Waals surface area contributed by atoms with Crippen LogP contribution in [0.15, 0.2) is 235 Å². The van der Waals surface area contributed by atoms with Gasteiger partial charge in [-0.15, -0.1) is 0 Å². The van der Waals surface area contributed by atoms with E-state index in [2.05, 4.69) is 81.9 Å². The molecule has 306 valence electrons. The van der Waals surface area contributed by atoms with Gasteiger partial charge in [-0.1, -0.05) is 133 Å². The molecule has 0 fully saturated rings. The predicted molar refractivity (Wildman–Crippen MR) is 264 cm³/mol. The minimum atomic E-state index is -3.17. The van der Waals surface area contributed by atoms with Gasteiger partial charge in [0.05, 0.1) is 22.1 Å². The zero-order chi connectivity index (χ0) is 42.6. The molecule has 0 spiro atoms. The number of hydrogen-bond donors (Lipinski definition) is 0. The SMILES string of the molecule is O=P1(c2ccccc2)c2ccccc2Sc2cc(-n3c4ccccc4oc4cc5c(cc43)oc3ccccc3n5-c3ccc4c(c3)Sc3ccccc3P4(=O)c3ccccc3)ccc21. The molecule has 0 N–H and O–H groups in total. The summed E-state index contributed by atoms with van der Waals surface area (Å²) in [6.45, 7) is 0. The Bertz CT molecular complexity index is 3630. The van der Waals surface area contributed by atoms with Crippen LogP contribution < -0.4 is 31.8 Å². The molecule has 64 heavy (non-hydrogen) atoms. The number of aromatic nitrogens is 2. The number of fused-ring (bicyclic) bond motifs is 8. The van der Waals surface area contributed by atoms with Gasteiger partial charge in [0.25, 0.3) is 0 Å². The summed E-state index contributed by atoms with van der Waals surface area (Å²) >= 11 is 3.31. The van der Waals surface area contributed by atoms with Crippen molar-refractivity contribution in [3.8, 4) is 11.4 Å². The Balaban J connectivity index is 1.03. The summed E-state index contributed by atoms with van der Waals surface area (Å²) in [6.07, 6.45) is 0. The van der Waals surface area contributed by atoms with E-state index in [1.807, 2.05) is 133 Å². The molecule has 0 radical (unpaired) electrons. The van der Waals surface area contributed by atoms with Gasteiger partial charge in [-0.05, 0) is 84.9 Å². The molecule has 2 unspecified atom stereocenters. The summed E-state index contributed by atoms with van der Waals surface area (Å²) in [7, 11) is -6.35. The third-order valence-corrected chi connectivity index (χ3v) is 21.5. The van der Waals surface area contributed by atoms with Crippen molar-refractivity contribution in [1.29, 1.82) is 0 Å². The number of hydrogen-bond acceptors (Lipinski definition) is 6. The van der Waals surface area contributed by atoms with Gasteiger partial charge in [0.15, 0.2) is 36.6 Å². The van der Waals surface area contributed by atoms with Gasteiger partial charge in [-0.2, -0.15) is 0 Å². The molecule has 13 rings (SSSR count). The topological polar surface area (TPSA) is 70.3 Å². The fourth-order valence-electron chi connectivity index (χ4n) is 9.46. The van der Waals surface area contributed by atoms with Gasteiger partial charge in [-0.3, -0.25) is 0 Å². The molecule has 11 aromatic rings. The van der Waals surface area contributed by atoms with Crippen molar-refractivity contribution in [2.24, 2.45) is 0 Å². The highest BCUT2D eigenvalue weighted by Crippen LogP contribution is 2.54. The molecule has 2 aromatic heterocycles. The second-order valence-corrected chi connectivity index (χ2v) is 23.5. The third-order valence-electron chi connectivity index (χ3n) is 12.3. The Labute approximate surface area is 376 Å². The highest BCUT2D eigenvalue weighted by atomic mass is 32.2. The Morgan fingerprint density at radius 1 is 0.328 bits per heavy atom. The quantitative estimate of drug-likeness (QED) is 0.129. The largest absolute Gasteiger partial charge is 0.453 e. The molecule has 0 aliphatic carbocycles. The molecule has 4 heterocycles. The molecule has 2 atom stereocenters. The van der Waals surface area contributed by atoms with Crippen LogP contribution in [0.25, 0.3) is 55.8 Å². The van der Waals surface area contributed by atoms with Crippen molar-refractivity contribution in [1.82, 2.24) is 9.13 Å². The van der Waals surface area contributed by atoms with Crippen LogP contribution in [0, 0.1) is 0 Å². The molecule has 0 amide bonds. The van der Waals surface area contributed by atoms with E-state index in [0.29, 0.717) is 22.3 Å². The fraction of sp³-hybridized carbons (Fsp3) is 0. The molecular weight excluding hydrogens is 867 g/mol. The lowest BCUT2D eigenvalue weighted by Crippen LogP contribution is -2.30. The summed E-state index contributed by atoms with van der Waals surface area (Å²) in [4.78, 5) is 3.90. The normalized spacial score (nSPS) is 17.5. The summed E-state index contributed by atoms with van der Waals surface area (Å²) in [6, 6.07) is 68.7. The lowest BCUT2D eigenvalue weighted by Gasteiger charge is -2.29. The first kappa shape index (κ1) is 37.9. The molecule has 2 aliphatic rings. The number of benzene rings is 9. The summed E-state index contributed by atoms with van der Waals surface area (Å²) in [5.74, 6) is 0. The van der Waals surface area contributed by atoms with Crippen molar-refractivity contribution in [2.75, 3.05) is 0 Å². The van der Waals surface area contributed by atoms with E-state index >= 15 is 9.13 Å². The molecule has 6 nitrogen and oxygen atoms in total. The molecule has 2 aliphatic heterocycles. The Kier molecular flexibility index (Phi) is 8.54. The fourth-order valence-corrected chi connectivity index (χ4v) is 18.9. The van der Waals surface area contributed by atoms with Crippen LogP contribution >= 0.6 is 37.8 Å². The summed E-state index contributed by atoms with van der Waals surface area (Å²) in [5.41, 5.74) is 7.94. The van der Waals surface area contributed by atoms with Crippen LogP contribution in [0.2, 0.25) is 0 Å². The first-order valence-electron chi connectivity index (χ1n) is 20.9. The van der Waals surface area contributed by atoms with Crippen LogP contribution in [0.1, 0.15) is 0 Å². The lowest BCUT2D eigenvalue weighted by atomic mass is 10.2. The minimum absolute atomic E-state index is 0.658. The molecular formula is C54H34N2O4P2S2. The van der Waals surface area contributed by atoms with Crippen LogP contribution in [0.5, 0.6) is 0 Å². The lowest BCUT2D eigenvalue weighted by molar-refractivity contribution is 0.591. The number of nitrogens with zero attached hydrogens (tertiary/aromatic N) is 2. The number of para-hydroxylation sites is 4. The zero-order valence-electron chi connectivity index (χ0n) is 33.9. The number of rotatable bonds is 4. The first-order valence-corrected chi connectivity index (χ1v) is 26.0. The Hall–Kier alpha value is -6.66. The molecule has 0 saturated heterocycles. The van der Waals surface area contributed by atoms with Crippen LogP contribution in [-0.4, -0.2) is 9.13 Å². The van der Waals surface area contributed by atoms with E-state index in [-0.39, 0.29) is 0 Å². The molecule has 0 bridgehead atoms. The minimum Gasteiger partial charge on any atom is -0.453 e. The average Bonchev–Trinajstić information content (AvgIpc) is 3.34. The summed E-state index contributed by atoms with van der Waals surface area (Å²) < 4.78 is 49.1. The van der Waals surface area contributed by atoms with Crippen molar-refractivity contribution in [3.63, 3.8) is 0 Å². The molecule has 0 saturated carbocycles. The molecule has 10 heteroatoms. The van der Waals surface area contributed by atoms with E-state index in [4.69, 9.17) is 8.83 Å². The monoisotopic (exact) mass is 900 g/mol. The Morgan fingerprint density at radius 2 is 0.703 bits per heavy atom. The van der Waals surface area contributed by atoms with Gasteiger partial charge in [0.1, 0.15) is 0 Å². The van der Waals surface area contributed by atoms with E-state index < -0.39 is 14.3 Å². The maximum absolute atomic E-state index is 15.5. The van der Waals surface area contributed by atoms with Crippen molar-refractivity contribution >= 4 is 114 Å². The predicted octanol–water partition coefficient (Wildman–Crippen LogP) is 12.4. The van der Waals surface area contributed by atoms with Gasteiger partial charge < -0.3 is 27.1 Å². The average molecular weight is 901 g/mol. The van der Waals surface area contributed by atoms with E-state index in [9.17, 15) is 0 Å². The third kappa shape index (κ3) is 5.57. The maximum Gasteiger partial charge on any atom is 0.173 e. The second-order valence-electron chi connectivity index (χ2n) is 15.9. The van der Waals surface area contributed by atoms with Gasteiger partial charge in [-0.25, -0.2) is 0 Å². The van der Waals surface area contributed by atoms with Crippen LogP contribution in [0.3, 0.4) is 0 Å². The van der Waals surface area contributed by atoms with E-state index in [1.54, 1.807) is 23.5 Å². The molecule has 9 aromatic carbocycles. The maximum atomic E-state index is 15.5. The van der Waals surface area contributed by atoms with Crippen molar-refractivity contribution in [3.05, 3.63) is 206 Å². The highest BCUT2D eigenvalue weighted by molar-refractivity contribution is 8.03. The van der Waals surface area contributed by atoms with Crippen LogP contribution in [-0.2, 0) is 9.13 Å². The highest BCUT2D eigenvalue weighted by Gasteiger charge is 2.39. The smallest absolute Gasteiger partial charge is 0.173 e. The van der Waals surface area contributed by atoms with Gasteiger partial charge in [0, 0.05) is 74.9 Å². The van der Waals surface area contributed by atoms with Gasteiger partial charge in [0.2, 0.25) is 0 Å². The Morgan fingerprint density at radius 3 is 1.16 bits per heavy atom. The standard InChI is InChI=1S/C54H34N2O4P2S2/c57-61(37-15-3-1-4-16-37)47-23-11-13-25-51(47)63-53-31-35(27-29-49(53)61)55-39-19-7-9-21-43(39)59-45-34-42-46(33-41(45)55)60-44-22-10-8-20-40(44)56(42)36-28-30-50-54(32-36)64-52-26-14-12-24-48(52)62(50,58)38-17-5-2-6-18-38/h1-34H. The van der Waals surface area contributed by atoms with Gasteiger partial charge >= 0.3 is 0 Å². The van der Waals surface area contributed by atoms with E-state index in [0.717, 1.165) is 84.9 Å². The summed E-state index contributed by atoms with van der Waals surface area (Å²) in [5, 5.41) is 5.05. The van der Waals surface area contributed by atoms with Crippen LogP contribution in [0.4, 0.5) is 0 Å². The van der Waals surface area contributed by atoms with Crippen molar-refractivity contribution < 1.29 is 18.0 Å². The first-order chi connectivity index (χ1) is 31.5. The van der Waals surface area contributed by atoms with E-state index in [1.165, 1.54) is 0 Å².